The molecule has 6 heteroatoms. The predicted octanol–water partition coefficient (Wildman–Crippen LogP) is 4.41. The Morgan fingerprint density at radius 3 is 2.67 bits per heavy atom. The SMILES string of the molecule is Cc1ccccc1OCCSCCC(=O)Nc1ccc(F)c(F)c1. The van der Waals surface area contributed by atoms with E-state index in [4.69, 9.17) is 4.74 Å². The summed E-state index contributed by atoms with van der Waals surface area (Å²) in [7, 11) is 0. The Balaban J connectivity index is 1.61. The van der Waals surface area contributed by atoms with E-state index in [-0.39, 0.29) is 11.6 Å². The van der Waals surface area contributed by atoms with Crippen LogP contribution in [0.4, 0.5) is 14.5 Å². The smallest absolute Gasteiger partial charge is 0.225 e. The van der Waals surface area contributed by atoms with E-state index >= 15 is 0 Å². The van der Waals surface area contributed by atoms with Gasteiger partial charge in [0.15, 0.2) is 11.6 Å². The first-order valence-corrected chi connectivity index (χ1v) is 8.73. The number of rotatable bonds is 8. The number of carbonyl (C=O) groups is 1. The van der Waals surface area contributed by atoms with Crippen molar-refractivity contribution in [2.24, 2.45) is 0 Å². The Hall–Kier alpha value is -2.08. The Bertz CT molecular complexity index is 694. The quantitative estimate of drug-likeness (QED) is 0.716. The second kappa shape index (κ2) is 9.27. The van der Waals surface area contributed by atoms with Crippen molar-refractivity contribution >= 4 is 23.4 Å². The molecule has 0 radical (unpaired) electrons. The molecule has 24 heavy (non-hydrogen) atoms. The van der Waals surface area contributed by atoms with Crippen LogP contribution in [0.5, 0.6) is 5.75 Å². The van der Waals surface area contributed by atoms with Gasteiger partial charge in [-0.25, -0.2) is 8.78 Å². The highest BCUT2D eigenvalue weighted by Gasteiger charge is 2.06. The first kappa shape index (κ1) is 18.3. The third-order valence-corrected chi connectivity index (χ3v) is 4.20. The highest BCUT2D eigenvalue weighted by molar-refractivity contribution is 7.99. The van der Waals surface area contributed by atoms with E-state index in [1.807, 2.05) is 31.2 Å². The van der Waals surface area contributed by atoms with Crippen LogP contribution in [0.3, 0.4) is 0 Å². The second-order valence-corrected chi connectivity index (χ2v) is 6.38. The van der Waals surface area contributed by atoms with Gasteiger partial charge in [-0.1, -0.05) is 18.2 Å². The number of para-hydroxylation sites is 1. The lowest BCUT2D eigenvalue weighted by Crippen LogP contribution is -2.13. The van der Waals surface area contributed by atoms with Crippen LogP contribution in [-0.2, 0) is 4.79 Å². The molecular weight excluding hydrogens is 332 g/mol. The Kier molecular flexibility index (Phi) is 7.06. The third kappa shape index (κ3) is 5.85. The van der Waals surface area contributed by atoms with Crippen molar-refractivity contribution in [2.75, 3.05) is 23.4 Å². The number of thioether (sulfide) groups is 1. The van der Waals surface area contributed by atoms with Gasteiger partial charge in [-0.15, -0.1) is 0 Å². The van der Waals surface area contributed by atoms with Crippen LogP contribution in [-0.4, -0.2) is 24.0 Å². The van der Waals surface area contributed by atoms with Gasteiger partial charge in [0.05, 0.1) is 6.61 Å². The van der Waals surface area contributed by atoms with Gasteiger partial charge in [0.1, 0.15) is 5.75 Å². The topological polar surface area (TPSA) is 38.3 Å². The average Bonchev–Trinajstić information content (AvgIpc) is 2.56. The number of benzene rings is 2. The summed E-state index contributed by atoms with van der Waals surface area (Å²) in [6.07, 6.45) is 0.300. The first-order chi connectivity index (χ1) is 11.6. The van der Waals surface area contributed by atoms with Crippen molar-refractivity contribution in [3.8, 4) is 5.75 Å². The molecule has 0 aliphatic rings. The summed E-state index contributed by atoms with van der Waals surface area (Å²) in [6.45, 7) is 2.56. The first-order valence-electron chi connectivity index (χ1n) is 7.57. The zero-order chi connectivity index (χ0) is 17.4. The van der Waals surface area contributed by atoms with Gasteiger partial charge >= 0.3 is 0 Å². The summed E-state index contributed by atoms with van der Waals surface area (Å²) in [5.74, 6) is 0.134. The molecule has 0 atom stereocenters. The molecule has 0 bridgehead atoms. The summed E-state index contributed by atoms with van der Waals surface area (Å²) >= 11 is 1.60. The van der Waals surface area contributed by atoms with Gasteiger partial charge in [-0.3, -0.25) is 4.79 Å². The number of hydrogen-bond donors (Lipinski definition) is 1. The summed E-state index contributed by atoms with van der Waals surface area (Å²) in [6, 6.07) is 11.1. The molecule has 3 nitrogen and oxygen atoms in total. The molecule has 0 heterocycles. The summed E-state index contributed by atoms with van der Waals surface area (Å²) in [5.41, 5.74) is 1.35. The van der Waals surface area contributed by atoms with E-state index in [0.29, 0.717) is 18.8 Å². The molecule has 0 fully saturated rings. The highest BCUT2D eigenvalue weighted by Crippen LogP contribution is 2.17. The zero-order valence-electron chi connectivity index (χ0n) is 13.4. The number of anilines is 1. The van der Waals surface area contributed by atoms with Gasteiger partial charge in [0.2, 0.25) is 5.91 Å². The maximum atomic E-state index is 13.0. The van der Waals surface area contributed by atoms with Crippen LogP contribution in [0.2, 0.25) is 0 Å². The van der Waals surface area contributed by atoms with Gasteiger partial charge in [-0.05, 0) is 30.7 Å². The standard InChI is InChI=1S/C18H19F2NO2S/c1-13-4-2-3-5-17(13)23-9-11-24-10-8-18(22)21-14-6-7-15(19)16(20)12-14/h2-7,12H,8-11H2,1H3,(H,21,22). The van der Waals surface area contributed by atoms with Crippen molar-refractivity contribution in [1.29, 1.82) is 0 Å². The molecule has 0 saturated carbocycles. The Morgan fingerprint density at radius 2 is 1.92 bits per heavy atom. The maximum Gasteiger partial charge on any atom is 0.225 e. The van der Waals surface area contributed by atoms with Gasteiger partial charge in [0, 0.05) is 29.7 Å². The minimum absolute atomic E-state index is 0.228. The minimum Gasteiger partial charge on any atom is -0.492 e. The highest BCUT2D eigenvalue weighted by atomic mass is 32.2. The molecule has 0 aromatic heterocycles. The molecule has 2 aromatic carbocycles. The van der Waals surface area contributed by atoms with E-state index in [9.17, 15) is 13.6 Å². The van der Waals surface area contributed by atoms with E-state index in [1.165, 1.54) is 6.07 Å². The largest absolute Gasteiger partial charge is 0.492 e. The van der Waals surface area contributed by atoms with Crippen molar-refractivity contribution in [3.05, 3.63) is 59.7 Å². The molecule has 2 aromatic rings. The van der Waals surface area contributed by atoms with Crippen molar-refractivity contribution < 1.29 is 18.3 Å². The van der Waals surface area contributed by atoms with Gasteiger partial charge in [0.25, 0.3) is 0 Å². The minimum atomic E-state index is -0.976. The molecule has 1 amide bonds. The lowest BCUT2D eigenvalue weighted by atomic mass is 10.2. The third-order valence-electron chi connectivity index (χ3n) is 3.26. The normalized spacial score (nSPS) is 10.5. The fraction of sp³-hybridized carbons (Fsp3) is 0.278. The predicted molar refractivity (Wildman–Crippen MR) is 93.6 cm³/mol. The number of carbonyl (C=O) groups excluding carboxylic acids is 1. The van der Waals surface area contributed by atoms with Crippen molar-refractivity contribution in [1.82, 2.24) is 0 Å². The van der Waals surface area contributed by atoms with E-state index in [2.05, 4.69) is 5.32 Å². The number of halogens is 2. The van der Waals surface area contributed by atoms with Crippen LogP contribution in [0.25, 0.3) is 0 Å². The van der Waals surface area contributed by atoms with Crippen LogP contribution >= 0.6 is 11.8 Å². The lowest BCUT2D eigenvalue weighted by Gasteiger charge is -2.08. The molecule has 0 unspecified atom stereocenters. The maximum absolute atomic E-state index is 13.0. The molecule has 0 spiro atoms. The van der Waals surface area contributed by atoms with E-state index in [1.54, 1.807) is 11.8 Å². The Morgan fingerprint density at radius 1 is 1.12 bits per heavy atom. The molecule has 2 rings (SSSR count). The molecule has 128 valence electrons. The fourth-order valence-electron chi connectivity index (χ4n) is 1.99. The van der Waals surface area contributed by atoms with Crippen LogP contribution in [0.15, 0.2) is 42.5 Å². The van der Waals surface area contributed by atoms with E-state index < -0.39 is 11.6 Å². The number of nitrogens with one attached hydrogen (secondary N) is 1. The summed E-state index contributed by atoms with van der Waals surface area (Å²) in [4.78, 5) is 11.7. The van der Waals surface area contributed by atoms with Gasteiger partial charge in [-0.2, -0.15) is 11.8 Å². The van der Waals surface area contributed by atoms with Crippen LogP contribution in [0.1, 0.15) is 12.0 Å². The van der Waals surface area contributed by atoms with Crippen LogP contribution < -0.4 is 10.1 Å². The number of hydrogen-bond acceptors (Lipinski definition) is 3. The second-order valence-electron chi connectivity index (χ2n) is 5.15. The number of aryl methyl sites for hydroxylation is 1. The van der Waals surface area contributed by atoms with Crippen molar-refractivity contribution in [2.45, 2.75) is 13.3 Å². The average molecular weight is 351 g/mol. The molecule has 0 saturated heterocycles. The molecular formula is C18H19F2NO2S. The van der Waals surface area contributed by atoms with Crippen molar-refractivity contribution in [3.63, 3.8) is 0 Å². The fourth-order valence-corrected chi connectivity index (χ4v) is 2.73. The van der Waals surface area contributed by atoms with E-state index in [0.717, 1.165) is 29.2 Å². The number of ether oxygens (including phenoxy) is 1. The monoisotopic (exact) mass is 351 g/mol. The summed E-state index contributed by atoms with van der Waals surface area (Å²) < 4.78 is 31.5. The molecule has 0 aliphatic heterocycles. The van der Waals surface area contributed by atoms with Crippen LogP contribution in [0, 0.1) is 18.6 Å². The molecule has 1 N–H and O–H groups in total. The summed E-state index contributed by atoms with van der Waals surface area (Å²) in [5, 5.41) is 2.54. The zero-order valence-corrected chi connectivity index (χ0v) is 14.2. The lowest BCUT2D eigenvalue weighted by molar-refractivity contribution is -0.115. The molecule has 0 aliphatic carbocycles. The Labute approximate surface area is 144 Å². The number of amides is 1. The van der Waals surface area contributed by atoms with Gasteiger partial charge < -0.3 is 10.1 Å².